The summed E-state index contributed by atoms with van der Waals surface area (Å²) in [4.78, 5) is 20.5. The number of nitrogens with one attached hydrogen (secondary N) is 1. The fourth-order valence-corrected chi connectivity index (χ4v) is 2.31. The first kappa shape index (κ1) is 15.8. The second-order valence-corrected chi connectivity index (χ2v) is 5.59. The summed E-state index contributed by atoms with van der Waals surface area (Å²) in [5, 5.41) is 3.35. The van der Waals surface area contributed by atoms with E-state index < -0.39 is 0 Å². The smallest absolute Gasteiger partial charge is 0.275 e. The van der Waals surface area contributed by atoms with Crippen LogP contribution in [-0.4, -0.2) is 28.7 Å². The lowest BCUT2D eigenvalue weighted by Gasteiger charge is -2.08. The highest BCUT2D eigenvalue weighted by molar-refractivity contribution is 9.10. The van der Waals surface area contributed by atoms with Gasteiger partial charge in [0.1, 0.15) is 11.4 Å². The minimum atomic E-state index is -0.288. The number of hydrogen-bond donors (Lipinski definition) is 1. The number of hydrogen-bond acceptors (Lipinski definition) is 5. The molecule has 5 nitrogen and oxygen atoms in total. The van der Waals surface area contributed by atoms with E-state index in [0.717, 1.165) is 5.75 Å². The van der Waals surface area contributed by atoms with Crippen molar-refractivity contribution in [2.45, 2.75) is 12.1 Å². The molecule has 0 atom stereocenters. The summed E-state index contributed by atoms with van der Waals surface area (Å²) in [6, 6.07) is 7.18. The number of benzene rings is 1. The monoisotopic (exact) mass is 367 g/mol. The van der Waals surface area contributed by atoms with Crippen LogP contribution in [0, 0.1) is 0 Å². The lowest BCUT2D eigenvalue weighted by molar-refractivity contribution is 0.102. The average Bonchev–Trinajstić information content (AvgIpc) is 2.50. The topological polar surface area (TPSA) is 64.1 Å². The number of thioether (sulfide) groups is 1. The molecule has 0 radical (unpaired) electrons. The molecule has 0 aliphatic carbocycles. The Hall–Kier alpha value is -1.60. The van der Waals surface area contributed by atoms with E-state index in [2.05, 4.69) is 31.2 Å². The van der Waals surface area contributed by atoms with Crippen molar-refractivity contribution in [1.29, 1.82) is 0 Å². The Morgan fingerprint density at radius 1 is 1.38 bits per heavy atom. The van der Waals surface area contributed by atoms with E-state index in [0.29, 0.717) is 27.6 Å². The number of aromatic nitrogens is 2. The van der Waals surface area contributed by atoms with Crippen LogP contribution in [0.5, 0.6) is 5.75 Å². The van der Waals surface area contributed by atoms with Crippen molar-refractivity contribution in [2.24, 2.45) is 0 Å². The van der Waals surface area contributed by atoms with Crippen LogP contribution in [0.2, 0.25) is 0 Å². The van der Waals surface area contributed by atoms with Crippen LogP contribution in [0.25, 0.3) is 0 Å². The molecule has 1 amide bonds. The van der Waals surface area contributed by atoms with Crippen molar-refractivity contribution in [3.63, 3.8) is 0 Å². The molecule has 1 aromatic carbocycles. The number of anilines is 1. The van der Waals surface area contributed by atoms with Gasteiger partial charge in [0.15, 0.2) is 5.16 Å². The van der Waals surface area contributed by atoms with Gasteiger partial charge in [0.25, 0.3) is 5.91 Å². The van der Waals surface area contributed by atoms with Crippen LogP contribution in [0.15, 0.2) is 40.1 Å². The summed E-state index contributed by atoms with van der Waals surface area (Å²) >= 11 is 4.67. The molecule has 0 aliphatic rings. The van der Waals surface area contributed by atoms with E-state index in [9.17, 15) is 4.79 Å². The Balaban J connectivity index is 2.14. The van der Waals surface area contributed by atoms with Gasteiger partial charge in [0, 0.05) is 11.9 Å². The van der Waals surface area contributed by atoms with Crippen molar-refractivity contribution >= 4 is 39.3 Å². The zero-order chi connectivity index (χ0) is 15.2. The number of ether oxygens (including phenoxy) is 1. The van der Waals surface area contributed by atoms with Gasteiger partial charge in [-0.1, -0.05) is 11.8 Å². The summed E-state index contributed by atoms with van der Waals surface area (Å²) in [7, 11) is 0. The maximum Gasteiger partial charge on any atom is 0.275 e. The molecule has 2 aromatic rings. The molecule has 7 heteroatoms. The summed E-state index contributed by atoms with van der Waals surface area (Å²) < 4.78 is 5.92. The Kier molecular flexibility index (Phi) is 5.58. The van der Waals surface area contributed by atoms with E-state index in [-0.39, 0.29) is 5.91 Å². The van der Waals surface area contributed by atoms with E-state index in [4.69, 9.17) is 4.74 Å². The number of carbonyl (C=O) groups is 1. The molecule has 21 heavy (non-hydrogen) atoms. The Bertz CT molecular complexity index is 635. The highest BCUT2D eigenvalue weighted by Gasteiger charge is 2.14. The molecule has 2 rings (SSSR count). The summed E-state index contributed by atoms with van der Waals surface area (Å²) in [6.07, 6.45) is 3.43. The molecule has 110 valence electrons. The van der Waals surface area contributed by atoms with Crippen LogP contribution in [0.1, 0.15) is 17.4 Å². The largest absolute Gasteiger partial charge is 0.494 e. The molecular weight excluding hydrogens is 354 g/mol. The first-order valence-electron chi connectivity index (χ1n) is 6.24. The fraction of sp³-hybridized carbons (Fsp3) is 0.214. The number of carbonyl (C=O) groups excluding carboxylic acids is 1. The summed E-state index contributed by atoms with van der Waals surface area (Å²) in [6.45, 7) is 2.53. The standard InChI is InChI=1S/C14H14BrN3O2S/c1-3-20-10-6-4-9(5-7-10)17-13(19)12-11(15)8-16-14(18-12)21-2/h4-8H,3H2,1-2H3,(H,17,19). The molecular formula is C14H14BrN3O2S. The number of nitrogens with zero attached hydrogens (tertiary/aromatic N) is 2. The van der Waals surface area contributed by atoms with Gasteiger partial charge in [0.2, 0.25) is 0 Å². The van der Waals surface area contributed by atoms with E-state index in [1.165, 1.54) is 11.8 Å². The summed E-state index contributed by atoms with van der Waals surface area (Å²) in [5.74, 6) is 0.479. The van der Waals surface area contributed by atoms with E-state index in [1.807, 2.05) is 25.3 Å². The molecule has 1 N–H and O–H groups in total. The van der Waals surface area contributed by atoms with Gasteiger partial charge in [-0.2, -0.15) is 0 Å². The third-order valence-corrected chi connectivity index (χ3v) is 3.69. The highest BCUT2D eigenvalue weighted by Crippen LogP contribution is 2.20. The van der Waals surface area contributed by atoms with E-state index >= 15 is 0 Å². The Morgan fingerprint density at radius 3 is 2.71 bits per heavy atom. The molecule has 0 aliphatic heterocycles. The van der Waals surface area contributed by atoms with Gasteiger partial charge in [-0.15, -0.1) is 0 Å². The normalized spacial score (nSPS) is 10.2. The van der Waals surface area contributed by atoms with Gasteiger partial charge in [0.05, 0.1) is 11.1 Å². The van der Waals surface area contributed by atoms with Gasteiger partial charge in [-0.25, -0.2) is 9.97 Å². The lowest BCUT2D eigenvalue weighted by Crippen LogP contribution is -2.15. The van der Waals surface area contributed by atoms with Gasteiger partial charge >= 0.3 is 0 Å². The minimum absolute atomic E-state index is 0.288. The second-order valence-electron chi connectivity index (χ2n) is 3.96. The van der Waals surface area contributed by atoms with Crippen LogP contribution < -0.4 is 10.1 Å². The van der Waals surface area contributed by atoms with Crippen molar-refractivity contribution in [2.75, 3.05) is 18.2 Å². The second kappa shape index (κ2) is 7.42. The van der Waals surface area contributed by atoms with Crippen LogP contribution in [0.4, 0.5) is 5.69 Å². The summed E-state index contributed by atoms with van der Waals surface area (Å²) in [5.41, 5.74) is 0.989. The molecule has 0 saturated heterocycles. The van der Waals surface area contributed by atoms with Crippen molar-refractivity contribution in [3.8, 4) is 5.75 Å². The van der Waals surface area contributed by atoms with Gasteiger partial charge in [-0.05, 0) is 53.4 Å². The molecule has 0 fully saturated rings. The quantitative estimate of drug-likeness (QED) is 0.645. The predicted octanol–water partition coefficient (Wildman–Crippen LogP) is 3.61. The first-order chi connectivity index (χ1) is 10.1. The third-order valence-electron chi connectivity index (χ3n) is 2.54. The Labute approximate surface area is 135 Å². The maximum atomic E-state index is 12.2. The molecule has 0 bridgehead atoms. The van der Waals surface area contributed by atoms with Crippen molar-refractivity contribution < 1.29 is 9.53 Å². The predicted molar refractivity (Wildman–Crippen MR) is 87.1 cm³/mol. The zero-order valence-corrected chi connectivity index (χ0v) is 14.0. The lowest BCUT2D eigenvalue weighted by atomic mass is 10.3. The first-order valence-corrected chi connectivity index (χ1v) is 8.26. The molecule has 0 spiro atoms. The van der Waals surface area contributed by atoms with E-state index in [1.54, 1.807) is 18.3 Å². The van der Waals surface area contributed by atoms with Crippen LogP contribution in [-0.2, 0) is 0 Å². The maximum absolute atomic E-state index is 12.2. The fourth-order valence-electron chi connectivity index (χ4n) is 1.60. The average molecular weight is 368 g/mol. The highest BCUT2D eigenvalue weighted by atomic mass is 79.9. The number of halogens is 1. The van der Waals surface area contributed by atoms with Crippen LogP contribution >= 0.6 is 27.7 Å². The third kappa shape index (κ3) is 4.18. The number of rotatable bonds is 5. The minimum Gasteiger partial charge on any atom is -0.494 e. The zero-order valence-electron chi connectivity index (χ0n) is 11.6. The van der Waals surface area contributed by atoms with Crippen molar-refractivity contribution in [3.05, 3.63) is 40.6 Å². The SMILES string of the molecule is CCOc1ccc(NC(=O)c2nc(SC)ncc2Br)cc1. The van der Waals surface area contributed by atoms with Gasteiger partial charge < -0.3 is 10.1 Å². The molecule has 0 unspecified atom stereocenters. The Morgan fingerprint density at radius 2 is 2.10 bits per heavy atom. The van der Waals surface area contributed by atoms with Crippen LogP contribution in [0.3, 0.4) is 0 Å². The number of amides is 1. The van der Waals surface area contributed by atoms with Crippen molar-refractivity contribution in [1.82, 2.24) is 9.97 Å². The molecule has 0 saturated carbocycles. The molecule has 1 heterocycles. The molecule has 1 aromatic heterocycles. The van der Waals surface area contributed by atoms with Gasteiger partial charge in [-0.3, -0.25) is 4.79 Å².